The number of hydrogen-bond acceptors (Lipinski definition) is 3. The van der Waals surface area contributed by atoms with Crippen molar-refractivity contribution in [2.45, 2.75) is 44.1 Å². The van der Waals surface area contributed by atoms with Crippen LogP contribution in [0.5, 0.6) is 0 Å². The Morgan fingerprint density at radius 3 is 2.11 bits per heavy atom. The van der Waals surface area contributed by atoms with Gasteiger partial charge in [0.05, 0.1) is 5.41 Å². The van der Waals surface area contributed by atoms with Crippen LogP contribution in [0, 0.1) is 0 Å². The first-order valence-electron chi connectivity index (χ1n) is 10.5. The van der Waals surface area contributed by atoms with Gasteiger partial charge >= 0.3 is 5.97 Å². The second kappa shape index (κ2) is 8.36. The van der Waals surface area contributed by atoms with Crippen molar-refractivity contribution in [3.05, 3.63) is 65.7 Å². The third-order valence-electron chi connectivity index (χ3n) is 6.52. The zero-order chi connectivity index (χ0) is 19.4. The maximum Gasteiger partial charge on any atom is 0.314 e. The first-order valence-corrected chi connectivity index (χ1v) is 10.5. The molecule has 0 spiro atoms. The van der Waals surface area contributed by atoms with E-state index >= 15 is 0 Å². The number of benzene rings is 2. The van der Waals surface area contributed by atoms with Gasteiger partial charge in [-0.25, -0.2) is 0 Å². The minimum Gasteiger partial charge on any atom is -0.481 e. The van der Waals surface area contributed by atoms with Crippen molar-refractivity contribution in [1.82, 2.24) is 4.90 Å². The van der Waals surface area contributed by atoms with E-state index < -0.39 is 11.4 Å². The van der Waals surface area contributed by atoms with E-state index in [4.69, 9.17) is 0 Å². The summed E-state index contributed by atoms with van der Waals surface area (Å²) in [5.74, 6) is -0.658. The van der Waals surface area contributed by atoms with Crippen molar-refractivity contribution in [3.63, 3.8) is 0 Å². The maximum absolute atomic E-state index is 12.0. The molecule has 1 saturated carbocycles. The molecule has 0 atom stereocenters. The third kappa shape index (κ3) is 3.93. The van der Waals surface area contributed by atoms with Crippen molar-refractivity contribution in [2.75, 3.05) is 31.1 Å². The maximum atomic E-state index is 12.0. The van der Waals surface area contributed by atoms with Crippen LogP contribution in [0.3, 0.4) is 0 Å². The molecule has 0 amide bonds. The number of hydrogen-bond donors (Lipinski definition) is 1. The Hall–Kier alpha value is -2.33. The Morgan fingerprint density at radius 1 is 0.857 bits per heavy atom. The Labute approximate surface area is 167 Å². The molecular weight excluding hydrogens is 348 g/mol. The molecule has 2 fully saturated rings. The predicted octanol–water partition coefficient (Wildman–Crippen LogP) is 4.30. The number of carboxylic acid groups (broad SMARTS) is 1. The van der Waals surface area contributed by atoms with Crippen LogP contribution in [0.2, 0.25) is 0 Å². The van der Waals surface area contributed by atoms with E-state index in [1.165, 1.54) is 11.3 Å². The molecule has 4 nitrogen and oxygen atoms in total. The summed E-state index contributed by atoms with van der Waals surface area (Å²) in [6.45, 7) is 5.13. The van der Waals surface area contributed by atoms with E-state index in [9.17, 15) is 9.90 Å². The highest BCUT2D eigenvalue weighted by Crippen LogP contribution is 2.40. The third-order valence-corrected chi connectivity index (χ3v) is 6.52. The molecule has 1 heterocycles. The molecule has 1 aliphatic heterocycles. The fourth-order valence-electron chi connectivity index (χ4n) is 4.78. The summed E-state index contributed by atoms with van der Waals surface area (Å²) >= 11 is 0. The van der Waals surface area contributed by atoms with Crippen molar-refractivity contribution in [3.8, 4) is 0 Å². The van der Waals surface area contributed by atoms with Crippen LogP contribution in [0.1, 0.15) is 43.2 Å². The molecule has 4 rings (SSSR count). The van der Waals surface area contributed by atoms with E-state index in [2.05, 4.69) is 64.4 Å². The number of aliphatic carboxylic acids is 1. The van der Waals surface area contributed by atoms with E-state index in [0.717, 1.165) is 70.4 Å². The average Bonchev–Trinajstić information content (AvgIpc) is 2.75. The topological polar surface area (TPSA) is 43.8 Å². The van der Waals surface area contributed by atoms with Crippen LogP contribution < -0.4 is 4.90 Å². The molecule has 0 unspecified atom stereocenters. The summed E-state index contributed by atoms with van der Waals surface area (Å²) in [5, 5.41) is 9.89. The molecule has 4 heteroatoms. The standard InChI is InChI=1S/C24H30N2O2/c27-23(28)24(13-5-2-6-14-24)21-9-11-22(12-10-21)26-17-15-25(16-18-26)19-20-7-3-1-4-8-20/h1,3-4,7-12H,2,5-6,13-19H2,(H,27,28). The molecule has 28 heavy (non-hydrogen) atoms. The number of rotatable bonds is 5. The van der Waals surface area contributed by atoms with E-state index in [-0.39, 0.29) is 0 Å². The average molecular weight is 379 g/mol. The second-order valence-corrected chi connectivity index (χ2v) is 8.24. The predicted molar refractivity (Wildman–Crippen MR) is 113 cm³/mol. The number of nitrogens with zero attached hydrogens (tertiary/aromatic N) is 2. The van der Waals surface area contributed by atoms with Gasteiger partial charge in [-0.15, -0.1) is 0 Å². The summed E-state index contributed by atoms with van der Waals surface area (Å²) in [6.07, 6.45) is 4.70. The quantitative estimate of drug-likeness (QED) is 0.843. The fourth-order valence-corrected chi connectivity index (χ4v) is 4.78. The molecule has 0 radical (unpaired) electrons. The molecule has 1 saturated heterocycles. The van der Waals surface area contributed by atoms with Crippen molar-refractivity contribution in [1.29, 1.82) is 0 Å². The molecule has 1 N–H and O–H groups in total. The van der Waals surface area contributed by atoms with Crippen LogP contribution in [0.25, 0.3) is 0 Å². The fraction of sp³-hybridized carbons (Fsp3) is 0.458. The Kier molecular flexibility index (Phi) is 5.67. The molecular formula is C24H30N2O2. The highest BCUT2D eigenvalue weighted by molar-refractivity contribution is 5.81. The van der Waals surface area contributed by atoms with Crippen LogP contribution >= 0.6 is 0 Å². The van der Waals surface area contributed by atoms with Gasteiger partial charge < -0.3 is 10.0 Å². The SMILES string of the molecule is O=C(O)C1(c2ccc(N3CCN(Cc4ccccc4)CC3)cc2)CCCCC1. The molecule has 0 bridgehead atoms. The minimum atomic E-state index is -0.675. The number of carboxylic acids is 1. The van der Waals surface area contributed by atoms with Gasteiger partial charge in [0.25, 0.3) is 0 Å². The summed E-state index contributed by atoms with van der Waals surface area (Å²) < 4.78 is 0. The highest BCUT2D eigenvalue weighted by Gasteiger charge is 2.41. The lowest BCUT2D eigenvalue weighted by atomic mass is 9.69. The minimum absolute atomic E-state index is 0.658. The molecule has 0 aromatic heterocycles. The molecule has 2 aromatic rings. The van der Waals surface area contributed by atoms with Gasteiger partial charge in [-0.05, 0) is 36.1 Å². The summed E-state index contributed by atoms with van der Waals surface area (Å²) in [4.78, 5) is 17.0. The zero-order valence-corrected chi connectivity index (χ0v) is 16.5. The Balaban J connectivity index is 1.39. The van der Waals surface area contributed by atoms with Crippen LogP contribution in [0.4, 0.5) is 5.69 Å². The summed E-state index contributed by atoms with van der Waals surface area (Å²) in [6, 6.07) is 19.0. The van der Waals surface area contributed by atoms with Crippen LogP contribution in [-0.4, -0.2) is 42.2 Å². The lowest BCUT2D eigenvalue weighted by molar-refractivity contribution is -0.145. The first-order chi connectivity index (χ1) is 13.7. The van der Waals surface area contributed by atoms with Gasteiger partial charge in [-0.2, -0.15) is 0 Å². The van der Waals surface area contributed by atoms with Gasteiger partial charge in [0.2, 0.25) is 0 Å². The van der Waals surface area contributed by atoms with E-state index in [0.29, 0.717) is 0 Å². The Morgan fingerprint density at radius 2 is 1.50 bits per heavy atom. The smallest absolute Gasteiger partial charge is 0.314 e. The zero-order valence-electron chi connectivity index (χ0n) is 16.5. The van der Waals surface area contributed by atoms with Gasteiger partial charge in [0.1, 0.15) is 0 Å². The second-order valence-electron chi connectivity index (χ2n) is 8.24. The summed E-state index contributed by atoms with van der Waals surface area (Å²) in [7, 11) is 0. The van der Waals surface area contributed by atoms with E-state index in [1.807, 2.05) is 0 Å². The number of piperazine rings is 1. The number of anilines is 1. The van der Waals surface area contributed by atoms with Crippen molar-refractivity contribution < 1.29 is 9.90 Å². The largest absolute Gasteiger partial charge is 0.481 e. The highest BCUT2D eigenvalue weighted by atomic mass is 16.4. The monoisotopic (exact) mass is 378 g/mol. The lowest BCUT2D eigenvalue weighted by Gasteiger charge is -2.37. The van der Waals surface area contributed by atoms with Crippen molar-refractivity contribution >= 4 is 11.7 Å². The normalized spacial score (nSPS) is 20.1. The Bertz CT molecular complexity index is 774. The van der Waals surface area contributed by atoms with E-state index in [1.54, 1.807) is 0 Å². The van der Waals surface area contributed by atoms with Gasteiger partial charge in [-0.3, -0.25) is 9.69 Å². The van der Waals surface area contributed by atoms with Gasteiger partial charge in [0, 0.05) is 38.4 Å². The van der Waals surface area contributed by atoms with Crippen molar-refractivity contribution in [2.24, 2.45) is 0 Å². The van der Waals surface area contributed by atoms with Gasteiger partial charge in [0.15, 0.2) is 0 Å². The molecule has 1 aliphatic carbocycles. The lowest BCUT2D eigenvalue weighted by Crippen LogP contribution is -2.46. The molecule has 2 aromatic carbocycles. The van der Waals surface area contributed by atoms with Gasteiger partial charge in [-0.1, -0.05) is 61.7 Å². The van der Waals surface area contributed by atoms with Crippen LogP contribution in [0.15, 0.2) is 54.6 Å². The molecule has 148 valence electrons. The first kappa shape index (κ1) is 19.0. The number of carbonyl (C=O) groups is 1. The van der Waals surface area contributed by atoms with Crippen LogP contribution in [-0.2, 0) is 16.8 Å². The summed E-state index contributed by atoms with van der Waals surface area (Å²) in [5.41, 5.74) is 2.88. The molecule has 2 aliphatic rings.